The number of hydrogen-bond acceptors (Lipinski definition) is 4. The Hall–Kier alpha value is -1.61. The third kappa shape index (κ3) is 15.8. The maximum Gasteiger partial charge on any atom is 0.414 e. The van der Waals surface area contributed by atoms with Crippen LogP contribution in [-0.2, 0) is 9.59 Å². The van der Waals surface area contributed by atoms with E-state index in [0.29, 0.717) is 6.42 Å². The number of carboxylic acid groups (broad SMARTS) is 2. The first kappa shape index (κ1) is 13.0. The van der Waals surface area contributed by atoms with E-state index in [-0.39, 0.29) is 6.04 Å². The standard InChI is InChI=1S/C4H8N2.C2H2O4/c1-4(6)2-3-5;3-1(4)2(5)6/h4H,2,6H2,1H3;(H,3,4)(H,5,6). The van der Waals surface area contributed by atoms with Crippen LogP contribution in [-0.4, -0.2) is 28.2 Å². The first-order valence-electron chi connectivity index (χ1n) is 3.00. The molecule has 0 aromatic carbocycles. The van der Waals surface area contributed by atoms with E-state index >= 15 is 0 Å². The maximum atomic E-state index is 9.10. The maximum absolute atomic E-state index is 9.10. The zero-order valence-corrected chi connectivity index (χ0v) is 6.52. The molecule has 6 nitrogen and oxygen atoms in total. The highest BCUT2D eigenvalue weighted by Crippen LogP contribution is 1.77. The molecule has 12 heavy (non-hydrogen) atoms. The van der Waals surface area contributed by atoms with Crippen LogP contribution >= 0.6 is 0 Å². The molecule has 0 heterocycles. The van der Waals surface area contributed by atoms with Gasteiger partial charge in [0.15, 0.2) is 0 Å². The summed E-state index contributed by atoms with van der Waals surface area (Å²) >= 11 is 0. The normalized spacial score (nSPS) is 10.1. The average Bonchev–Trinajstić information content (AvgIpc) is 1.87. The second-order valence-electron chi connectivity index (χ2n) is 1.95. The summed E-state index contributed by atoms with van der Waals surface area (Å²) in [6.07, 6.45) is 0.458. The fourth-order valence-electron chi connectivity index (χ4n) is 0.144. The summed E-state index contributed by atoms with van der Waals surface area (Å²) in [6.45, 7) is 1.81. The molecule has 0 rings (SSSR count). The largest absolute Gasteiger partial charge is 0.473 e. The van der Waals surface area contributed by atoms with Gasteiger partial charge in [-0.25, -0.2) is 9.59 Å². The first-order chi connectivity index (χ1) is 5.41. The van der Waals surface area contributed by atoms with Gasteiger partial charge in [0.25, 0.3) is 0 Å². The highest BCUT2D eigenvalue weighted by atomic mass is 16.4. The van der Waals surface area contributed by atoms with E-state index in [2.05, 4.69) is 0 Å². The second-order valence-corrected chi connectivity index (χ2v) is 1.95. The van der Waals surface area contributed by atoms with Gasteiger partial charge in [-0.05, 0) is 6.92 Å². The number of aliphatic carboxylic acids is 2. The van der Waals surface area contributed by atoms with Crippen LogP contribution in [0.4, 0.5) is 0 Å². The number of carbonyl (C=O) groups is 2. The molecule has 0 amide bonds. The Balaban J connectivity index is 0. The Morgan fingerprint density at radius 2 is 1.83 bits per heavy atom. The topological polar surface area (TPSA) is 124 Å². The van der Waals surface area contributed by atoms with Gasteiger partial charge < -0.3 is 15.9 Å². The quantitative estimate of drug-likeness (QED) is 0.456. The van der Waals surface area contributed by atoms with E-state index in [1.807, 2.05) is 13.0 Å². The number of rotatable bonds is 1. The molecule has 0 fully saturated rings. The SMILES string of the molecule is CC(N)CC#N.O=C(O)C(=O)O. The van der Waals surface area contributed by atoms with Crippen LogP contribution in [0.15, 0.2) is 0 Å². The molecule has 0 saturated carbocycles. The molecule has 0 aliphatic rings. The van der Waals surface area contributed by atoms with Crippen LogP contribution < -0.4 is 5.73 Å². The van der Waals surface area contributed by atoms with E-state index < -0.39 is 11.9 Å². The van der Waals surface area contributed by atoms with Gasteiger partial charge in [0.05, 0.1) is 6.07 Å². The zero-order valence-electron chi connectivity index (χ0n) is 6.52. The number of carboxylic acids is 2. The van der Waals surface area contributed by atoms with Crippen molar-refractivity contribution in [2.45, 2.75) is 19.4 Å². The predicted molar refractivity (Wildman–Crippen MR) is 39.2 cm³/mol. The van der Waals surface area contributed by atoms with Gasteiger partial charge in [-0.15, -0.1) is 0 Å². The minimum Gasteiger partial charge on any atom is -0.473 e. The van der Waals surface area contributed by atoms with Crippen molar-refractivity contribution < 1.29 is 19.8 Å². The molecule has 0 spiro atoms. The van der Waals surface area contributed by atoms with E-state index in [0.717, 1.165) is 0 Å². The Bertz CT molecular complexity index is 182. The molecule has 1 unspecified atom stereocenters. The summed E-state index contributed by atoms with van der Waals surface area (Å²) in [6, 6.07) is 1.98. The molecule has 0 aliphatic carbocycles. The van der Waals surface area contributed by atoms with Crippen molar-refractivity contribution in [3.63, 3.8) is 0 Å². The molecule has 0 aromatic heterocycles. The molecule has 4 N–H and O–H groups in total. The van der Waals surface area contributed by atoms with Crippen molar-refractivity contribution in [2.24, 2.45) is 5.73 Å². The summed E-state index contributed by atoms with van der Waals surface area (Å²) in [5.41, 5.74) is 5.18. The Morgan fingerprint density at radius 1 is 1.50 bits per heavy atom. The summed E-state index contributed by atoms with van der Waals surface area (Å²) in [5, 5.41) is 22.7. The average molecular weight is 174 g/mol. The third-order valence-corrected chi connectivity index (χ3v) is 0.596. The molecule has 6 heteroatoms. The van der Waals surface area contributed by atoms with Gasteiger partial charge in [0.2, 0.25) is 0 Å². The van der Waals surface area contributed by atoms with Gasteiger partial charge in [-0.1, -0.05) is 0 Å². The van der Waals surface area contributed by atoms with Gasteiger partial charge >= 0.3 is 11.9 Å². The fourth-order valence-corrected chi connectivity index (χ4v) is 0.144. The minimum atomic E-state index is -1.82. The molecular formula is C6H10N2O4. The van der Waals surface area contributed by atoms with Gasteiger partial charge in [0.1, 0.15) is 0 Å². The third-order valence-electron chi connectivity index (χ3n) is 0.596. The molecule has 1 atom stereocenters. The second kappa shape index (κ2) is 7.50. The molecule has 0 bridgehead atoms. The van der Waals surface area contributed by atoms with Gasteiger partial charge in [0, 0.05) is 12.5 Å². The van der Waals surface area contributed by atoms with Crippen LogP contribution in [0.5, 0.6) is 0 Å². The zero-order chi connectivity index (χ0) is 10.1. The molecule has 0 saturated heterocycles. The lowest BCUT2D eigenvalue weighted by atomic mass is 10.3. The van der Waals surface area contributed by atoms with Crippen molar-refractivity contribution in [2.75, 3.05) is 0 Å². The minimum absolute atomic E-state index is 0.0370. The number of hydrogen-bond donors (Lipinski definition) is 3. The van der Waals surface area contributed by atoms with Gasteiger partial charge in [-0.2, -0.15) is 5.26 Å². The molecule has 0 radical (unpaired) electrons. The van der Waals surface area contributed by atoms with Crippen LogP contribution in [0.3, 0.4) is 0 Å². The number of nitrogens with two attached hydrogens (primary N) is 1. The van der Waals surface area contributed by atoms with Crippen molar-refractivity contribution in [3.8, 4) is 6.07 Å². The van der Waals surface area contributed by atoms with Crippen molar-refractivity contribution in [1.82, 2.24) is 0 Å². The van der Waals surface area contributed by atoms with Crippen LogP contribution in [0.1, 0.15) is 13.3 Å². The lowest BCUT2D eigenvalue weighted by Crippen LogP contribution is -2.12. The Morgan fingerprint density at radius 3 is 1.83 bits per heavy atom. The highest BCUT2D eigenvalue weighted by molar-refractivity contribution is 6.27. The van der Waals surface area contributed by atoms with Gasteiger partial charge in [-0.3, -0.25) is 0 Å². The smallest absolute Gasteiger partial charge is 0.414 e. The van der Waals surface area contributed by atoms with Crippen LogP contribution in [0.25, 0.3) is 0 Å². The molecule has 68 valence electrons. The molecule has 0 aromatic rings. The molecule has 0 aliphatic heterocycles. The molecular weight excluding hydrogens is 164 g/mol. The van der Waals surface area contributed by atoms with Crippen molar-refractivity contribution >= 4 is 11.9 Å². The summed E-state index contributed by atoms with van der Waals surface area (Å²) in [4.78, 5) is 18.2. The highest BCUT2D eigenvalue weighted by Gasteiger charge is 2.04. The summed E-state index contributed by atoms with van der Waals surface area (Å²) in [5.74, 6) is -3.65. The van der Waals surface area contributed by atoms with Crippen LogP contribution in [0.2, 0.25) is 0 Å². The van der Waals surface area contributed by atoms with Crippen molar-refractivity contribution in [3.05, 3.63) is 0 Å². The van der Waals surface area contributed by atoms with E-state index in [1.165, 1.54) is 0 Å². The van der Waals surface area contributed by atoms with E-state index in [4.69, 9.17) is 30.8 Å². The first-order valence-corrected chi connectivity index (χ1v) is 3.00. The van der Waals surface area contributed by atoms with E-state index in [1.54, 1.807) is 0 Å². The Kier molecular flexibility index (Phi) is 8.13. The van der Waals surface area contributed by atoms with E-state index in [9.17, 15) is 0 Å². The summed E-state index contributed by atoms with van der Waals surface area (Å²) < 4.78 is 0. The number of nitriles is 1. The predicted octanol–water partition coefficient (Wildman–Crippen LogP) is -0.597. The Labute approximate surface area is 69.2 Å². The summed E-state index contributed by atoms with van der Waals surface area (Å²) in [7, 11) is 0. The fraction of sp³-hybridized carbons (Fsp3) is 0.500. The lowest BCUT2D eigenvalue weighted by molar-refractivity contribution is -0.159. The number of nitrogens with zero attached hydrogens (tertiary/aromatic N) is 1. The monoisotopic (exact) mass is 174 g/mol. The van der Waals surface area contributed by atoms with Crippen LogP contribution in [0, 0.1) is 11.3 Å². The van der Waals surface area contributed by atoms with Crippen molar-refractivity contribution in [1.29, 1.82) is 5.26 Å². The lowest BCUT2D eigenvalue weighted by Gasteiger charge is -1.89.